The van der Waals surface area contributed by atoms with E-state index in [1.807, 2.05) is 13.8 Å². The minimum atomic E-state index is -0.882. The lowest BCUT2D eigenvalue weighted by Gasteiger charge is -2.42. The van der Waals surface area contributed by atoms with Crippen LogP contribution in [0.3, 0.4) is 0 Å². The van der Waals surface area contributed by atoms with E-state index in [1.165, 1.54) is 12.0 Å². The van der Waals surface area contributed by atoms with Gasteiger partial charge in [-0.15, -0.1) is 0 Å². The molecule has 6 nitrogen and oxygen atoms in total. The largest absolute Gasteiger partial charge is 0.492 e. The first-order valence-corrected chi connectivity index (χ1v) is 7.51. The quantitative estimate of drug-likeness (QED) is 0.912. The van der Waals surface area contributed by atoms with E-state index in [0.29, 0.717) is 25.8 Å². The van der Waals surface area contributed by atoms with E-state index >= 15 is 0 Å². The second-order valence-electron chi connectivity index (χ2n) is 6.23. The molecule has 1 fully saturated rings. The van der Waals surface area contributed by atoms with Crippen molar-refractivity contribution in [1.29, 1.82) is 0 Å². The molecule has 1 aliphatic rings. The molecule has 0 bridgehead atoms. The molecular formula is C16H22F2N2O4. The summed E-state index contributed by atoms with van der Waals surface area (Å²) in [5.74, 6) is -1.90. The van der Waals surface area contributed by atoms with Gasteiger partial charge < -0.3 is 24.4 Å². The van der Waals surface area contributed by atoms with Gasteiger partial charge >= 0.3 is 6.03 Å². The Hall–Kier alpha value is -1.93. The predicted octanol–water partition coefficient (Wildman–Crippen LogP) is 2.63. The minimum Gasteiger partial charge on any atom is -0.492 e. The number of benzene rings is 1. The molecule has 1 N–H and O–H groups in total. The number of nitrogens with zero attached hydrogens (tertiary/aromatic N) is 1. The predicted molar refractivity (Wildman–Crippen MR) is 84.3 cm³/mol. The van der Waals surface area contributed by atoms with Crippen LogP contribution in [-0.4, -0.2) is 56.6 Å². The van der Waals surface area contributed by atoms with Crippen molar-refractivity contribution in [2.45, 2.75) is 25.6 Å². The van der Waals surface area contributed by atoms with Gasteiger partial charge in [0.05, 0.1) is 44.2 Å². The lowest BCUT2D eigenvalue weighted by Crippen LogP contribution is -2.56. The highest BCUT2D eigenvalue weighted by atomic mass is 19.1. The van der Waals surface area contributed by atoms with E-state index in [-0.39, 0.29) is 17.5 Å². The normalized spacial score (nSPS) is 19.9. The number of methoxy groups -OCH3 is 2. The van der Waals surface area contributed by atoms with E-state index in [1.54, 1.807) is 7.11 Å². The van der Waals surface area contributed by atoms with Gasteiger partial charge in [0.15, 0.2) is 11.6 Å². The number of carbonyl (C=O) groups is 1. The SMILES string of the molecule is COC[C@H]1CN(C(=O)Nc2cc(F)cc(F)c2OC)CC(C)(C)O1. The Morgan fingerprint density at radius 1 is 1.42 bits per heavy atom. The molecule has 0 aromatic heterocycles. The Morgan fingerprint density at radius 3 is 2.75 bits per heavy atom. The monoisotopic (exact) mass is 344 g/mol. The fourth-order valence-electron chi connectivity index (χ4n) is 2.78. The molecule has 1 heterocycles. The van der Waals surface area contributed by atoms with Crippen molar-refractivity contribution >= 4 is 11.7 Å². The molecule has 24 heavy (non-hydrogen) atoms. The summed E-state index contributed by atoms with van der Waals surface area (Å²) < 4.78 is 43.0. The van der Waals surface area contributed by atoms with Gasteiger partial charge in [-0.25, -0.2) is 13.6 Å². The van der Waals surface area contributed by atoms with Gasteiger partial charge in [0.25, 0.3) is 0 Å². The van der Waals surface area contributed by atoms with Gasteiger partial charge in [-0.05, 0) is 13.8 Å². The molecular weight excluding hydrogens is 322 g/mol. The zero-order chi connectivity index (χ0) is 17.9. The molecule has 2 amide bonds. The van der Waals surface area contributed by atoms with Crippen LogP contribution in [0.5, 0.6) is 5.75 Å². The van der Waals surface area contributed by atoms with Crippen LogP contribution in [-0.2, 0) is 9.47 Å². The highest BCUT2D eigenvalue weighted by Gasteiger charge is 2.36. The minimum absolute atomic E-state index is 0.0624. The molecule has 0 spiro atoms. The summed E-state index contributed by atoms with van der Waals surface area (Å²) in [6.45, 7) is 4.70. The standard InChI is InChI=1S/C16H22F2N2O4/c1-16(2)9-20(7-11(24-16)8-22-3)15(21)19-13-6-10(17)5-12(18)14(13)23-4/h5-6,11H,7-9H2,1-4H3,(H,19,21)/t11-/m1/s1. The molecule has 0 aliphatic carbocycles. The number of ether oxygens (including phenoxy) is 3. The number of halogens is 2. The molecule has 1 saturated heterocycles. The summed E-state index contributed by atoms with van der Waals surface area (Å²) in [4.78, 5) is 14.0. The number of morpholine rings is 1. The lowest BCUT2D eigenvalue weighted by molar-refractivity contribution is -0.141. The third-order valence-corrected chi connectivity index (χ3v) is 3.58. The van der Waals surface area contributed by atoms with Gasteiger partial charge in [-0.3, -0.25) is 0 Å². The van der Waals surface area contributed by atoms with Gasteiger partial charge in [-0.2, -0.15) is 0 Å². The van der Waals surface area contributed by atoms with Gasteiger partial charge in [0.2, 0.25) is 0 Å². The molecule has 0 saturated carbocycles. The van der Waals surface area contributed by atoms with Crippen LogP contribution in [0.2, 0.25) is 0 Å². The van der Waals surface area contributed by atoms with Crippen LogP contribution >= 0.6 is 0 Å². The summed E-state index contributed by atoms with van der Waals surface area (Å²) in [5.41, 5.74) is -0.622. The Labute approximate surface area is 139 Å². The molecule has 1 atom stereocenters. The van der Waals surface area contributed by atoms with Crippen molar-refractivity contribution in [2.75, 3.05) is 39.2 Å². The lowest BCUT2D eigenvalue weighted by atomic mass is 10.1. The zero-order valence-corrected chi connectivity index (χ0v) is 14.2. The highest BCUT2D eigenvalue weighted by Crippen LogP contribution is 2.30. The second kappa shape index (κ2) is 7.31. The summed E-state index contributed by atoms with van der Waals surface area (Å²) in [6.07, 6.45) is -0.282. The van der Waals surface area contributed by atoms with E-state index in [9.17, 15) is 13.6 Å². The molecule has 2 rings (SSSR count). The van der Waals surface area contributed by atoms with E-state index < -0.39 is 23.3 Å². The van der Waals surface area contributed by atoms with Crippen LogP contribution in [0.1, 0.15) is 13.8 Å². The number of hydrogen-bond donors (Lipinski definition) is 1. The average Bonchev–Trinajstić information content (AvgIpc) is 2.45. The summed E-state index contributed by atoms with van der Waals surface area (Å²) in [6, 6.07) is 1.22. The Balaban J connectivity index is 2.17. The maximum Gasteiger partial charge on any atom is 0.322 e. The van der Waals surface area contributed by atoms with Gasteiger partial charge in [0.1, 0.15) is 5.82 Å². The number of anilines is 1. The zero-order valence-electron chi connectivity index (χ0n) is 14.2. The third kappa shape index (κ3) is 4.33. The number of hydrogen-bond acceptors (Lipinski definition) is 4. The summed E-state index contributed by atoms with van der Waals surface area (Å²) >= 11 is 0. The van der Waals surface area contributed by atoms with Crippen LogP contribution in [0.15, 0.2) is 12.1 Å². The van der Waals surface area contributed by atoms with Crippen molar-refractivity contribution in [2.24, 2.45) is 0 Å². The molecule has 134 valence electrons. The van der Waals surface area contributed by atoms with Crippen LogP contribution in [0, 0.1) is 11.6 Å². The van der Waals surface area contributed by atoms with E-state index in [4.69, 9.17) is 14.2 Å². The maximum absolute atomic E-state index is 13.7. The van der Waals surface area contributed by atoms with Crippen molar-refractivity contribution < 1.29 is 27.8 Å². The van der Waals surface area contributed by atoms with Crippen molar-refractivity contribution in [3.63, 3.8) is 0 Å². The first-order chi connectivity index (χ1) is 11.3. The number of rotatable bonds is 4. The molecule has 0 unspecified atom stereocenters. The third-order valence-electron chi connectivity index (χ3n) is 3.58. The van der Waals surface area contributed by atoms with Crippen molar-refractivity contribution in [3.05, 3.63) is 23.8 Å². The number of carbonyl (C=O) groups excluding carboxylic acids is 1. The molecule has 1 aliphatic heterocycles. The molecule has 0 radical (unpaired) electrons. The molecule has 1 aromatic carbocycles. The Bertz CT molecular complexity index is 610. The average molecular weight is 344 g/mol. The smallest absolute Gasteiger partial charge is 0.322 e. The molecule has 1 aromatic rings. The Kier molecular flexibility index (Phi) is 5.61. The second-order valence-corrected chi connectivity index (χ2v) is 6.23. The van der Waals surface area contributed by atoms with Gasteiger partial charge in [-0.1, -0.05) is 0 Å². The number of amides is 2. The highest BCUT2D eigenvalue weighted by molar-refractivity contribution is 5.91. The first-order valence-electron chi connectivity index (χ1n) is 7.51. The first kappa shape index (κ1) is 18.4. The van der Waals surface area contributed by atoms with Crippen molar-refractivity contribution in [1.82, 2.24) is 4.90 Å². The van der Waals surface area contributed by atoms with Crippen LogP contribution in [0.25, 0.3) is 0 Å². The fourth-order valence-corrected chi connectivity index (χ4v) is 2.78. The van der Waals surface area contributed by atoms with E-state index in [0.717, 1.165) is 6.07 Å². The van der Waals surface area contributed by atoms with Crippen molar-refractivity contribution in [3.8, 4) is 5.75 Å². The Morgan fingerprint density at radius 2 is 2.12 bits per heavy atom. The summed E-state index contributed by atoms with van der Waals surface area (Å²) in [5, 5.41) is 2.50. The number of urea groups is 1. The van der Waals surface area contributed by atoms with Crippen LogP contribution < -0.4 is 10.1 Å². The van der Waals surface area contributed by atoms with Gasteiger partial charge in [0, 0.05) is 19.2 Å². The molecule has 8 heteroatoms. The topological polar surface area (TPSA) is 60.0 Å². The fraction of sp³-hybridized carbons (Fsp3) is 0.562. The summed E-state index contributed by atoms with van der Waals surface area (Å²) in [7, 11) is 2.80. The number of nitrogens with one attached hydrogen (secondary N) is 1. The van der Waals surface area contributed by atoms with E-state index in [2.05, 4.69) is 5.32 Å². The van der Waals surface area contributed by atoms with Crippen LogP contribution in [0.4, 0.5) is 19.3 Å². The maximum atomic E-state index is 13.7.